The van der Waals surface area contributed by atoms with Gasteiger partial charge in [0.2, 0.25) is 5.91 Å². The number of rotatable bonds is 8. The minimum atomic E-state index is -1.55. The Hall–Kier alpha value is -2.17. The highest BCUT2D eigenvalue weighted by Crippen LogP contribution is 2.32. The topological polar surface area (TPSA) is 120 Å². The summed E-state index contributed by atoms with van der Waals surface area (Å²) in [6.07, 6.45) is 1.36. The number of nitrogens with zero attached hydrogens (tertiary/aromatic N) is 1. The van der Waals surface area contributed by atoms with Crippen molar-refractivity contribution >= 4 is 22.7 Å². The Labute approximate surface area is 178 Å². The van der Waals surface area contributed by atoms with Crippen LogP contribution in [0, 0.1) is 0 Å². The van der Waals surface area contributed by atoms with Crippen molar-refractivity contribution in [1.82, 2.24) is 10.2 Å². The van der Waals surface area contributed by atoms with Crippen molar-refractivity contribution in [2.24, 2.45) is 5.73 Å². The Balaban J connectivity index is 1.43. The number of ether oxygens (including phenoxy) is 3. The van der Waals surface area contributed by atoms with Crippen LogP contribution in [0.3, 0.4) is 0 Å². The second kappa shape index (κ2) is 10.7. The molecule has 2 aliphatic rings. The fourth-order valence-corrected chi connectivity index (χ4v) is 5.00. The Morgan fingerprint density at radius 3 is 2.37 bits per heavy atom. The Bertz CT molecular complexity index is 745. The number of urea groups is 1. The summed E-state index contributed by atoms with van der Waals surface area (Å²) in [6.45, 7) is 4.07. The van der Waals surface area contributed by atoms with Gasteiger partial charge in [-0.2, -0.15) is 0 Å². The van der Waals surface area contributed by atoms with Gasteiger partial charge in [0.15, 0.2) is 0 Å². The first-order valence-electron chi connectivity index (χ1n) is 10.2. The molecular formula is C20H29N3O6S. The van der Waals surface area contributed by atoms with E-state index in [1.54, 1.807) is 29.2 Å². The third-order valence-corrected chi connectivity index (χ3v) is 7.33. The van der Waals surface area contributed by atoms with Crippen LogP contribution in [0.1, 0.15) is 19.3 Å². The minimum absolute atomic E-state index is 0.0818. The maximum absolute atomic E-state index is 13.0. The molecule has 2 aliphatic heterocycles. The van der Waals surface area contributed by atoms with Gasteiger partial charge in [-0.1, -0.05) is 0 Å². The van der Waals surface area contributed by atoms with E-state index in [9.17, 15) is 13.8 Å². The summed E-state index contributed by atoms with van der Waals surface area (Å²) in [5.74, 6) is 0.0824. The second-order valence-corrected chi connectivity index (χ2v) is 9.03. The Morgan fingerprint density at radius 2 is 1.73 bits per heavy atom. The highest BCUT2D eigenvalue weighted by atomic mass is 32.2. The number of benzene rings is 1. The second-order valence-electron chi connectivity index (χ2n) is 7.24. The molecule has 9 nitrogen and oxygen atoms in total. The molecular weight excluding hydrogens is 410 g/mol. The van der Waals surface area contributed by atoms with E-state index >= 15 is 0 Å². The van der Waals surface area contributed by atoms with Gasteiger partial charge in [0.05, 0.1) is 30.6 Å². The van der Waals surface area contributed by atoms with Gasteiger partial charge >= 0.3 is 6.03 Å². The molecule has 0 aromatic heterocycles. The van der Waals surface area contributed by atoms with Crippen LogP contribution in [-0.4, -0.2) is 78.5 Å². The van der Waals surface area contributed by atoms with Gasteiger partial charge in [-0.15, -0.1) is 0 Å². The van der Waals surface area contributed by atoms with Crippen LogP contribution in [0.15, 0.2) is 29.2 Å². The van der Waals surface area contributed by atoms with Crippen LogP contribution in [0.4, 0.5) is 4.79 Å². The summed E-state index contributed by atoms with van der Waals surface area (Å²) in [5, 5.41) is 2.87. The molecule has 1 aromatic carbocycles. The molecule has 0 spiro atoms. The predicted molar refractivity (Wildman–Crippen MR) is 111 cm³/mol. The maximum atomic E-state index is 13.0. The lowest BCUT2D eigenvalue weighted by Gasteiger charge is -2.33. The summed E-state index contributed by atoms with van der Waals surface area (Å²) in [7, 11) is -1.55. The highest BCUT2D eigenvalue weighted by Gasteiger charge is 2.45. The van der Waals surface area contributed by atoms with Gasteiger partial charge < -0.3 is 30.2 Å². The molecule has 2 fully saturated rings. The molecule has 1 aromatic rings. The van der Waals surface area contributed by atoms with Crippen molar-refractivity contribution in [3.63, 3.8) is 0 Å². The number of hydrogen-bond donors (Lipinski definition) is 2. The van der Waals surface area contributed by atoms with E-state index < -0.39 is 21.5 Å². The van der Waals surface area contributed by atoms with Gasteiger partial charge in [0.25, 0.3) is 0 Å². The minimum Gasteiger partial charge on any atom is -0.494 e. The number of nitrogens with two attached hydrogens (primary N) is 1. The zero-order chi connectivity index (χ0) is 21.4. The first kappa shape index (κ1) is 22.5. The summed E-state index contributed by atoms with van der Waals surface area (Å²) in [5.41, 5.74) is 5.58. The zero-order valence-electron chi connectivity index (χ0n) is 17.0. The molecule has 0 bridgehead atoms. The Morgan fingerprint density at radius 1 is 1.10 bits per heavy atom. The van der Waals surface area contributed by atoms with Crippen molar-refractivity contribution in [2.75, 3.05) is 52.7 Å². The van der Waals surface area contributed by atoms with Gasteiger partial charge in [-0.3, -0.25) is 9.00 Å². The van der Waals surface area contributed by atoms with Gasteiger partial charge in [0.1, 0.15) is 10.5 Å². The molecule has 0 radical (unpaired) electrons. The van der Waals surface area contributed by atoms with Crippen LogP contribution < -0.4 is 15.8 Å². The lowest BCUT2D eigenvalue weighted by atomic mass is 9.98. The van der Waals surface area contributed by atoms with E-state index in [1.165, 1.54) is 0 Å². The summed E-state index contributed by atoms with van der Waals surface area (Å²) < 4.78 is 28.2. The number of primary amides is 1. The molecule has 2 saturated heterocycles. The van der Waals surface area contributed by atoms with Crippen molar-refractivity contribution < 1.29 is 28.0 Å². The Kier molecular flexibility index (Phi) is 8.06. The third-order valence-electron chi connectivity index (χ3n) is 5.31. The first-order chi connectivity index (χ1) is 14.5. The average Bonchev–Trinajstić information content (AvgIpc) is 2.79. The number of amides is 3. The molecule has 0 aliphatic carbocycles. The molecule has 0 saturated carbocycles. The molecule has 1 atom stereocenters. The molecule has 1 unspecified atom stereocenters. The van der Waals surface area contributed by atoms with Gasteiger partial charge in [0, 0.05) is 37.7 Å². The van der Waals surface area contributed by atoms with E-state index in [0.29, 0.717) is 82.6 Å². The van der Waals surface area contributed by atoms with Crippen molar-refractivity contribution in [3.05, 3.63) is 24.3 Å². The van der Waals surface area contributed by atoms with Crippen molar-refractivity contribution in [2.45, 2.75) is 28.9 Å². The average molecular weight is 440 g/mol. The van der Waals surface area contributed by atoms with E-state index in [0.717, 1.165) is 0 Å². The highest BCUT2D eigenvalue weighted by molar-refractivity contribution is 7.87. The first-order valence-corrected chi connectivity index (χ1v) is 11.3. The lowest BCUT2D eigenvalue weighted by molar-refractivity contribution is -0.122. The zero-order valence-corrected chi connectivity index (χ0v) is 17.8. The molecule has 3 N–H and O–H groups in total. The maximum Gasteiger partial charge on any atom is 0.317 e. The quantitative estimate of drug-likeness (QED) is 0.574. The molecule has 166 valence electrons. The van der Waals surface area contributed by atoms with Crippen LogP contribution in [0.25, 0.3) is 0 Å². The van der Waals surface area contributed by atoms with E-state index in [4.69, 9.17) is 19.9 Å². The number of morpholine rings is 1. The third kappa shape index (κ3) is 5.50. The molecule has 10 heteroatoms. The normalized spacial score (nSPS) is 19.7. The summed E-state index contributed by atoms with van der Waals surface area (Å²) in [6, 6.07) is 6.78. The largest absolute Gasteiger partial charge is 0.494 e. The molecule has 3 rings (SSSR count). The smallest absolute Gasteiger partial charge is 0.317 e. The van der Waals surface area contributed by atoms with Crippen LogP contribution in [0.5, 0.6) is 5.75 Å². The summed E-state index contributed by atoms with van der Waals surface area (Å²) in [4.78, 5) is 26.3. The van der Waals surface area contributed by atoms with Crippen molar-refractivity contribution in [1.29, 1.82) is 0 Å². The molecule has 2 heterocycles. The fourth-order valence-electron chi connectivity index (χ4n) is 3.45. The van der Waals surface area contributed by atoms with Crippen molar-refractivity contribution in [3.8, 4) is 5.75 Å². The SMILES string of the molecule is NC(=O)C1(S(=O)c2ccc(OCCCNC(=O)N3CCOCC3)cc2)CCOCC1. The number of carbonyl (C=O) groups is 2. The molecule has 3 amide bonds. The molecule has 30 heavy (non-hydrogen) atoms. The van der Waals surface area contributed by atoms with Crippen LogP contribution in [-0.2, 0) is 25.1 Å². The fraction of sp³-hybridized carbons (Fsp3) is 0.600. The van der Waals surface area contributed by atoms with E-state index in [1.807, 2.05) is 0 Å². The van der Waals surface area contributed by atoms with E-state index in [2.05, 4.69) is 5.32 Å². The van der Waals surface area contributed by atoms with Gasteiger partial charge in [-0.25, -0.2) is 4.79 Å². The van der Waals surface area contributed by atoms with Crippen LogP contribution in [0.2, 0.25) is 0 Å². The number of nitrogens with one attached hydrogen (secondary N) is 1. The predicted octanol–water partition coefficient (Wildman–Crippen LogP) is 0.639. The standard InChI is InChI=1S/C20H29N3O6S/c21-18(24)20(6-12-27-13-7-20)30(26)17-4-2-16(3-5-17)29-11-1-8-22-19(25)23-9-14-28-15-10-23/h2-5H,1,6-15H2,(H2,21,24)(H,22,25). The van der Waals surface area contributed by atoms with E-state index in [-0.39, 0.29) is 6.03 Å². The van der Waals surface area contributed by atoms with Gasteiger partial charge in [-0.05, 0) is 43.5 Å². The summed E-state index contributed by atoms with van der Waals surface area (Å²) >= 11 is 0. The monoisotopic (exact) mass is 439 g/mol. The lowest BCUT2D eigenvalue weighted by Crippen LogP contribution is -2.51. The number of carbonyl (C=O) groups excluding carboxylic acids is 2. The number of hydrogen-bond acceptors (Lipinski definition) is 6. The van der Waals surface area contributed by atoms with Crippen LogP contribution >= 0.6 is 0 Å².